The highest BCUT2D eigenvalue weighted by atomic mass is 32.2. The maximum absolute atomic E-state index is 13.0. The molecule has 6 nitrogen and oxygen atoms in total. The van der Waals surface area contributed by atoms with Gasteiger partial charge in [-0.25, -0.2) is 8.42 Å². The SMILES string of the molecule is COc1ccc(S(=O)(=O)N2CCC[C@@H](C(=O)N[C@@H](C)CCc3ccccc3)C2)cc1. The van der Waals surface area contributed by atoms with Crippen LogP contribution >= 0.6 is 0 Å². The van der Waals surface area contributed by atoms with Gasteiger partial charge in [-0.1, -0.05) is 30.3 Å². The number of carbonyl (C=O) groups is 1. The van der Waals surface area contributed by atoms with Crippen molar-refractivity contribution in [3.63, 3.8) is 0 Å². The second-order valence-corrected chi connectivity index (χ2v) is 9.75. The van der Waals surface area contributed by atoms with Gasteiger partial charge in [0.15, 0.2) is 0 Å². The summed E-state index contributed by atoms with van der Waals surface area (Å²) in [5.74, 6) is 0.213. The van der Waals surface area contributed by atoms with Crippen LogP contribution in [-0.4, -0.2) is 44.9 Å². The fraction of sp³-hybridized carbons (Fsp3) is 0.435. The molecule has 2 aromatic rings. The molecule has 0 aromatic heterocycles. The lowest BCUT2D eigenvalue weighted by molar-refractivity contribution is -0.126. The summed E-state index contributed by atoms with van der Waals surface area (Å²) in [6.07, 6.45) is 3.11. The minimum Gasteiger partial charge on any atom is -0.497 e. The maximum Gasteiger partial charge on any atom is 0.243 e. The summed E-state index contributed by atoms with van der Waals surface area (Å²) < 4.78 is 32.5. The van der Waals surface area contributed by atoms with Crippen molar-refractivity contribution in [1.29, 1.82) is 0 Å². The van der Waals surface area contributed by atoms with Crippen LogP contribution in [0.3, 0.4) is 0 Å². The van der Waals surface area contributed by atoms with Crippen molar-refractivity contribution in [3.05, 3.63) is 60.2 Å². The molecule has 1 heterocycles. The molecule has 0 radical (unpaired) electrons. The Bertz CT molecular complexity index is 929. The van der Waals surface area contributed by atoms with Crippen LogP contribution in [-0.2, 0) is 21.2 Å². The molecule has 162 valence electrons. The number of methoxy groups -OCH3 is 1. The van der Waals surface area contributed by atoms with Crippen LogP contribution in [0.4, 0.5) is 0 Å². The zero-order valence-electron chi connectivity index (χ0n) is 17.6. The van der Waals surface area contributed by atoms with Crippen LogP contribution in [0.2, 0.25) is 0 Å². The monoisotopic (exact) mass is 430 g/mol. The maximum atomic E-state index is 13.0. The third-order valence-electron chi connectivity index (χ3n) is 5.55. The van der Waals surface area contributed by atoms with Gasteiger partial charge in [-0.2, -0.15) is 4.31 Å². The van der Waals surface area contributed by atoms with Crippen LogP contribution in [0.25, 0.3) is 0 Å². The lowest BCUT2D eigenvalue weighted by Crippen LogP contribution is -2.47. The van der Waals surface area contributed by atoms with Crippen LogP contribution in [0.15, 0.2) is 59.5 Å². The number of sulfonamides is 1. The largest absolute Gasteiger partial charge is 0.497 e. The number of carbonyl (C=O) groups excluding carboxylic acids is 1. The van der Waals surface area contributed by atoms with Crippen molar-refractivity contribution in [2.75, 3.05) is 20.2 Å². The molecule has 0 saturated carbocycles. The Kier molecular flexibility index (Phi) is 7.50. The predicted molar refractivity (Wildman–Crippen MR) is 117 cm³/mol. The highest BCUT2D eigenvalue weighted by Gasteiger charge is 2.33. The summed E-state index contributed by atoms with van der Waals surface area (Å²) >= 11 is 0. The molecule has 1 amide bonds. The molecule has 1 aliphatic heterocycles. The van der Waals surface area contributed by atoms with Crippen molar-refractivity contribution in [2.45, 2.75) is 43.5 Å². The molecule has 1 N–H and O–H groups in total. The number of hydrogen-bond donors (Lipinski definition) is 1. The van der Waals surface area contributed by atoms with E-state index in [1.165, 1.54) is 17.0 Å². The Hall–Kier alpha value is -2.38. The van der Waals surface area contributed by atoms with Gasteiger partial charge in [0, 0.05) is 19.1 Å². The van der Waals surface area contributed by atoms with Crippen molar-refractivity contribution in [3.8, 4) is 5.75 Å². The highest BCUT2D eigenvalue weighted by molar-refractivity contribution is 7.89. The molecule has 1 saturated heterocycles. The van der Waals surface area contributed by atoms with Crippen LogP contribution in [0.1, 0.15) is 31.7 Å². The van der Waals surface area contributed by atoms with E-state index in [1.54, 1.807) is 24.3 Å². The number of nitrogens with one attached hydrogen (secondary N) is 1. The van der Waals surface area contributed by atoms with Crippen molar-refractivity contribution < 1.29 is 17.9 Å². The van der Waals surface area contributed by atoms with Gasteiger partial charge in [0.25, 0.3) is 0 Å². The summed E-state index contributed by atoms with van der Waals surface area (Å²) in [5.41, 5.74) is 1.24. The molecule has 0 aliphatic carbocycles. The molecule has 0 bridgehead atoms. The highest BCUT2D eigenvalue weighted by Crippen LogP contribution is 2.25. The predicted octanol–water partition coefficient (Wildman–Crippen LogP) is 3.23. The zero-order chi connectivity index (χ0) is 21.6. The number of rotatable bonds is 8. The van der Waals surface area contributed by atoms with Gasteiger partial charge in [-0.3, -0.25) is 4.79 Å². The third kappa shape index (κ3) is 5.61. The molecule has 1 fully saturated rings. The van der Waals surface area contributed by atoms with E-state index in [4.69, 9.17) is 4.74 Å². The normalized spacial score (nSPS) is 18.5. The van der Waals surface area contributed by atoms with E-state index in [0.717, 1.165) is 12.8 Å². The van der Waals surface area contributed by atoms with Crippen molar-refractivity contribution >= 4 is 15.9 Å². The lowest BCUT2D eigenvalue weighted by Gasteiger charge is -2.32. The Morgan fingerprint density at radius 1 is 1.17 bits per heavy atom. The quantitative estimate of drug-likeness (QED) is 0.698. The number of ether oxygens (including phenoxy) is 1. The molecule has 1 aliphatic rings. The third-order valence-corrected chi connectivity index (χ3v) is 7.43. The number of amides is 1. The molecule has 3 rings (SSSR count). The molecule has 0 unspecified atom stereocenters. The van der Waals surface area contributed by atoms with Gasteiger partial charge in [0.1, 0.15) is 5.75 Å². The van der Waals surface area contributed by atoms with E-state index < -0.39 is 10.0 Å². The van der Waals surface area contributed by atoms with Gasteiger partial charge in [0.05, 0.1) is 17.9 Å². The summed E-state index contributed by atoms with van der Waals surface area (Å²) in [7, 11) is -2.09. The van der Waals surface area contributed by atoms with Crippen LogP contribution < -0.4 is 10.1 Å². The first-order chi connectivity index (χ1) is 14.4. The van der Waals surface area contributed by atoms with Crippen LogP contribution in [0, 0.1) is 5.92 Å². The Labute approximate surface area is 179 Å². The first-order valence-electron chi connectivity index (χ1n) is 10.4. The number of nitrogens with zero attached hydrogens (tertiary/aromatic N) is 1. The average Bonchev–Trinajstić information content (AvgIpc) is 2.78. The standard InChI is InChI=1S/C23H30N2O4S/c1-18(10-11-19-7-4-3-5-8-19)24-23(26)20-9-6-16-25(17-20)30(27,28)22-14-12-21(29-2)13-15-22/h3-5,7-8,12-15,18,20H,6,9-11,16-17H2,1-2H3,(H,24,26)/t18-,20+/m0/s1. The Morgan fingerprint density at radius 3 is 2.53 bits per heavy atom. The summed E-state index contributed by atoms with van der Waals surface area (Å²) in [6.45, 7) is 2.64. The van der Waals surface area contributed by atoms with Gasteiger partial charge >= 0.3 is 0 Å². The fourth-order valence-electron chi connectivity index (χ4n) is 3.73. The second-order valence-electron chi connectivity index (χ2n) is 7.81. The number of hydrogen-bond acceptors (Lipinski definition) is 4. The van der Waals surface area contributed by atoms with E-state index in [2.05, 4.69) is 17.4 Å². The van der Waals surface area contributed by atoms with E-state index in [0.29, 0.717) is 25.1 Å². The summed E-state index contributed by atoms with van der Waals surface area (Å²) in [4.78, 5) is 13.0. The first-order valence-corrected chi connectivity index (χ1v) is 11.8. The average molecular weight is 431 g/mol. The zero-order valence-corrected chi connectivity index (χ0v) is 18.4. The topological polar surface area (TPSA) is 75.7 Å². The van der Waals surface area contributed by atoms with Crippen molar-refractivity contribution in [1.82, 2.24) is 9.62 Å². The second kappa shape index (κ2) is 10.1. The van der Waals surface area contributed by atoms with Gasteiger partial charge in [0.2, 0.25) is 15.9 Å². The molecule has 30 heavy (non-hydrogen) atoms. The van der Waals surface area contributed by atoms with E-state index in [1.807, 2.05) is 25.1 Å². The lowest BCUT2D eigenvalue weighted by atomic mass is 9.98. The molecule has 7 heteroatoms. The summed E-state index contributed by atoms with van der Waals surface area (Å²) in [6, 6.07) is 16.6. The van der Waals surface area contributed by atoms with Gasteiger partial charge in [-0.05, 0) is 62.4 Å². The minimum absolute atomic E-state index is 0.0336. The fourth-order valence-corrected chi connectivity index (χ4v) is 5.26. The van der Waals surface area contributed by atoms with E-state index >= 15 is 0 Å². The molecule has 2 aromatic carbocycles. The molecule has 0 spiro atoms. The number of aryl methyl sites for hydroxylation is 1. The van der Waals surface area contributed by atoms with Crippen LogP contribution in [0.5, 0.6) is 5.75 Å². The molecular formula is C23H30N2O4S. The minimum atomic E-state index is -3.63. The van der Waals surface area contributed by atoms with Crippen molar-refractivity contribution in [2.24, 2.45) is 5.92 Å². The number of benzene rings is 2. The smallest absolute Gasteiger partial charge is 0.243 e. The van der Waals surface area contributed by atoms with E-state index in [-0.39, 0.29) is 29.3 Å². The number of piperidine rings is 1. The van der Waals surface area contributed by atoms with Gasteiger partial charge in [-0.15, -0.1) is 0 Å². The van der Waals surface area contributed by atoms with Gasteiger partial charge < -0.3 is 10.1 Å². The Morgan fingerprint density at radius 2 is 1.87 bits per heavy atom. The summed E-state index contributed by atoms with van der Waals surface area (Å²) in [5, 5.41) is 3.07. The Balaban J connectivity index is 1.57. The first kappa shape index (κ1) is 22.3. The van der Waals surface area contributed by atoms with E-state index in [9.17, 15) is 13.2 Å². The molecular weight excluding hydrogens is 400 g/mol. The molecule has 2 atom stereocenters.